The van der Waals surface area contributed by atoms with E-state index in [1.165, 1.54) is 12.4 Å². The highest BCUT2D eigenvalue weighted by atomic mass is 16.5. The average molecular weight is 437 g/mol. The lowest BCUT2D eigenvalue weighted by Gasteiger charge is -2.12. The third-order valence-electron chi connectivity index (χ3n) is 4.99. The molecule has 0 spiro atoms. The van der Waals surface area contributed by atoms with Gasteiger partial charge in [0.05, 0.1) is 6.42 Å². The summed E-state index contributed by atoms with van der Waals surface area (Å²) in [6.07, 6.45) is 1.50. The summed E-state index contributed by atoms with van der Waals surface area (Å²) in [5.41, 5.74) is 7.80. The van der Waals surface area contributed by atoms with Gasteiger partial charge in [0.1, 0.15) is 29.1 Å². The fourth-order valence-corrected chi connectivity index (χ4v) is 3.33. The minimum atomic E-state index is -2.28. The standard InChI is InChI=1S/C23H27N7O2/c1-13(2)22-28-19(20-21(24)25-12-26-30(20)22)15-8-6-14(7-9-15)10-18(31)27-17-11-16(32-29-17)23(3,4)5/h6-9,11-13H,10H2,1-5H3,(H2,24,25,26)(H,27,29,31)/i3D3. The van der Waals surface area contributed by atoms with E-state index in [4.69, 9.17) is 19.4 Å². The van der Waals surface area contributed by atoms with Gasteiger partial charge in [-0.25, -0.2) is 14.5 Å². The molecule has 0 unspecified atom stereocenters. The Morgan fingerprint density at radius 3 is 2.75 bits per heavy atom. The third kappa shape index (κ3) is 4.18. The molecule has 0 saturated heterocycles. The second-order valence-electron chi connectivity index (χ2n) is 8.50. The molecular weight excluding hydrogens is 406 g/mol. The topological polar surface area (TPSA) is 124 Å². The zero-order chi connectivity index (χ0) is 25.5. The van der Waals surface area contributed by atoms with E-state index in [0.29, 0.717) is 17.0 Å². The van der Waals surface area contributed by atoms with Crippen molar-refractivity contribution in [1.29, 1.82) is 0 Å². The smallest absolute Gasteiger partial charge is 0.230 e. The van der Waals surface area contributed by atoms with Crippen LogP contribution in [0, 0.1) is 0 Å². The van der Waals surface area contributed by atoms with Crippen LogP contribution >= 0.6 is 0 Å². The number of benzene rings is 1. The van der Waals surface area contributed by atoms with Crippen molar-refractivity contribution in [3.8, 4) is 11.3 Å². The lowest BCUT2D eigenvalue weighted by Crippen LogP contribution is -2.14. The van der Waals surface area contributed by atoms with Crippen LogP contribution in [-0.2, 0) is 16.6 Å². The number of nitrogens with two attached hydrogens (primary N) is 1. The molecule has 0 saturated carbocycles. The summed E-state index contributed by atoms with van der Waals surface area (Å²) < 4.78 is 29.9. The lowest BCUT2D eigenvalue weighted by atomic mass is 9.93. The Bertz CT molecular complexity index is 1370. The number of hydrogen-bond donors (Lipinski definition) is 2. The van der Waals surface area contributed by atoms with Gasteiger partial charge >= 0.3 is 0 Å². The van der Waals surface area contributed by atoms with Gasteiger partial charge in [-0.05, 0) is 5.56 Å². The number of carbonyl (C=O) groups excluding carboxylic acids is 1. The molecule has 0 fully saturated rings. The van der Waals surface area contributed by atoms with Crippen molar-refractivity contribution in [1.82, 2.24) is 24.7 Å². The number of imidazole rings is 1. The fraction of sp³-hybridized carbons (Fsp3) is 0.348. The fourth-order valence-electron chi connectivity index (χ4n) is 3.33. The summed E-state index contributed by atoms with van der Waals surface area (Å²) in [5, 5.41) is 10.7. The van der Waals surface area contributed by atoms with Crippen LogP contribution in [0.3, 0.4) is 0 Å². The summed E-state index contributed by atoms with van der Waals surface area (Å²) in [7, 11) is 0. The average Bonchev–Trinajstić information content (AvgIpc) is 3.39. The summed E-state index contributed by atoms with van der Waals surface area (Å²) >= 11 is 0. The third-order valence-corrected chi connectivity index (χ3v) is 4.99. The molecule has 32 heavy (non-hydrogen) atoms. The molecule has 4 aromatic rings. The van der Waals surface area contributed by atoms with Crippen molar-refractivity contribution in [2.75, 3.05) is 11.1 Å². The van der Waals surface area contributed by atoms with Crippen molar-refractivity contribution in [2.24, 2.45) is 0 Å². The number of nitrogens with zero attached hydrogens (tertiary/aromatic N) is 5. The number of carbonyl (C=O) groups is 1. The first-order valence-corrected chi connectivity index (χ1v) is 10.2. The van der Waals surface area contributed by atoms with E-state index in [1.54, 1.807) is 18.4 Å². The first-order valence-electron chi connectivity index (χ1n) is 11.7. The summed E-state index contributed by atoms with van der Waals surface area (Å²) in [6.45, 7) is 4.87. The maximum Gasteiger partial charge on any atom is 0.230 e. The highest BCUT2D eigenvalue weighted by molar-refractivity contribution is 5.91. The molecule has 0 aliphatic rings. The van der Waals surface area contributed by atoms with Crippen molar-refractivity contribution in [2.45, 2.75) is 52.3 Å². The zero-order valence-electron chi connectivity index (χ0n) is 21.4. The Morgan fingerprint density at radius 2 is 2.06 bits per heavy atom. The van der Waals surface area contributed by atoms with Gasteiger partial charge in [0.25, 0.3) is 0 Å². The zero-order valence-corrected chi connectivity index (χ0v) is 18.4. The molecule has 1 aromatic carbocycles. The van der Waals surface area contributed by atoms with E-state index in [2.05, 4.69) is 20.6 Å². The molecule has 166 valence electrons. The number of anilines is 2. The summed E-state index contributed by atoms with van der Waals surface area (Å²) in [4.78, 5) is 21.4. The first kappa shape index (κ1) is 17.9. The molecule has 0 atom stereocenters. The van der Waals surface area contributed by atoms with Crippen molar-refractivity contribution >= 4 is 23.1 Å². The minimum Gasteiger partial charge on any atom is -0.382 e. The molecular formula is C23H27N7O2. The maximum atomic E-state index is 12.5. The van der Waals surface area contributed by atoms with Gasteiger partial charge < -0.3 is 15.6 Å². The Kier molecular flexibility index (Phi) is 4.51. The normalized spacial score (nSPS) is 13.7. The number of amides is 1. The molecule has 1 amide bonds. The van der Waals surface area contributed by atoms with Gasteiger partial charge in [0.15, 0.2) is 11.6 Å². The number of rotatable bonds is 5. The Hall–Kier alpha value is -3.75. The van der Waals surface area contributed by atoms with E-state index in [-0.39, 0.29) is 29.8 Å². The second kappa shape index (κ2) is 8.07. The van der Waals surface area contributed by atoms with E-state index < -0.39 is 12.3 Å². The molecule has 0 aliphatic carbocycles. The highest BCUT2D eigenvalue weighted by Crippen LogP contribution is 2.30. The van der Waals surface area contributed by atoms with Crippen molar-refractivity contribution in [3.63, 3.8) is 0 Å². The summed E-state index contributed by atoms with van der Waals surface area (Å²) in [5.74, 6) is 1.29. The van der Waals surface area contributed by atoms with Crippen LogP contribution in [0.4, 0.5) is 11.6 Å². The molecule has 3 aromatic heterocycles. The van der Waals surface area contributed by atoms with Crippen LogP contribution in [0.15, 0.2) is 41.2 Å². The maximum absolute atomic E-state index is 12.5. The van der Waals surface area contributed by atoms with Crippen LogP contribution in [0.2, 0.25) is 0 Å². The van der Waals surface area contributed by atoms with Gasteiger partial charge in [0, 0.05) is 27.1 Å². The van der Waals surface area contributed by atoms with Crippen LogP contribution < -0.4 is 11.1 Å². The first-order chi connectivity index (χ1) is 16.4. The van der Waals surface area contributed by atoms with Crippen LogP contribution in [0.5, 0.6) is 0 Å². The van der Waals surface area contributed by atoms with E-state index in [0.717, 1.165) is 17.0 Å². The van der Waals surface area contributed by atoms with Crippen LogP contribution in [-0.4, -0.2) is 30.6 Å². The Balaban J connectivity index is 1.50. The van der Waals surface area contributed by atoms with Crippen molar-refractivity contribution in [3.05, 3.63) is 53.8 Å². The number of nitrogens with one attached hydrogen (secondary N) is 1. The number of aromatic nitrogens is 5. The molecule has 9 nitrogen and oxygen atoms in total. The predicted molar refractivity (Wildman–Crippen MR) is 122 cm³/mol. The summed E-state index contributed by atoms with van der Waals surface area (Å²) in [6, 6.07) is 8.85. The monoisotopic (exact) mass is 436 g/mol. The van der Waals surface area contributed by atoms with Gasteiger partial charge in [-0.15, -0.1) is 0 Å². The van der Waals surface area contributed by atoms with E-state index >= 15 is 0 Å². The van der Waals surface area contributed by atoms with E-state index in [1.807, 2.05) is 38.1 Å². The second-order valence-corrected chi connectivity index (χ2v) is 8.50. The van der Waals surface area contributed by atoms with Gasteiger partial charge in [-0.2, -0.15) is 5.10 Å². The van der Waals surface area contributed by atoms with Gasteiger partial charge in [-0.1, -0.05) is 64.0 Å². The van der Waals surface area contributed by atoms with E-state index in [9.17, 15) is 4.79 Å². The number of hydrogen-bond acceptors (Lipinski definition) is 7. The largest absolute Gasteiger partial charge is 0.382 e. The SMILES string of the molecule is [2H]C([2H])([2H])C(C)(C)c1cc(NC(=O)Cc2ccc(-c3nc(C(C)C)n4ncnc(N)c34)cc2)no1. The molecule has 0 aliphatic heterocycles. The quantitative estimate of drug-likeness (QED) is 0.485. The van der Waals surface area contributed by atoms with Crippen LogP contribution in [0.25, 0.3) is 16.8 Å². The number of fused-ring (bicyclic) bond motifs is 1. The van der Waals surface area contributed by atoms with Crippen molar-refractivity contribution < 1.29 is 13.4 Å². The molecule has 0 bridgehead atoms. The van der Waals surface area contributed by atoms with Crippen LogP contribution in [0.1, 0.15) is 61.7 Å². The molecule has 3 N–H and O–H groups in total. The van der Waals surface area contributed by atoms with Gasteiger partial charge in [-0.3, -0.25) is 4.79 Å². The minimum absolute atomic E-state index is 0.0948. The lowest BCUT2D eigenvalue weighted by molar-refractivity contribution is -0.115. The molecule has 9 heteroatoms. The molecule has 4 rings (SSSR count). The Morgan fingerprint density at radius 1 is 1.31 bits per heavy atom. The predicted octanol–water partition coefficient (Wildman–Crippen LogP) is 3.96. The molecule has 3 heterocycles. The number of nitrogen functional groups attached to an aromatic ring is 1. The van der Waals surface area contributed by atoms with Gasteiger partial charge in [0.2, 0.25) is 5.91 Å². The molecule has 0 radical (unpaired) electrons. The Labute approximate surface area is 190 Å². The highest BCUT2D eigenvalue weighted by Gasteiger charge is 2.21.